The van der Waals surface area contributed by atoms with Crippen LogP contribution < -0.4 is 15.4 Å². The van der Waals surface area contributed by atoms with E-state index in [1.54, 1.807) is 20.2 Å². The maximum absolute atomic E-state index is 12.1. The van der Waals surface area contributed by atoms with Crippen LogP contribution in [0.1, 0.15) is 12.0 Å². The van der Waals surface area contributed by atoms with Crippen LogP contribution in [0.5, 0.6) is 5.88 Å². The number of aliphatic imine (C=N–C) groups is 1. The highest BCUT2D eigenvalue weighted by atomic mass is 19.4. The van der Waals surface area contributed by atoms with Gasteiger partial charge in [-0.25, -0.2) is 4.98 Å². The summed E-state index contributed by atoms with van der Waals surface area (Å²) in [7, 11) is 5.40. The third kappa shape index (κ3) is 11.3. The van der Waals surface area contributed by atoms with E-state index in [1.807, 2.05) is 7.05 Å². The molecule has 1 aromatic rings. The lowest BCUT2D eigenvalue weighted by Gasteiger charge is -2.18. The molecule has 1 rings (SSSR count). The lowest BCUT2D eigenvalue weighted by atomic mass is 10.3. The molecule has 0 spiro atoms. The van der Waals surface area contributed by atoms with Crippen LogP contribution in [0, 0.1) is 0 Å². The molecule has 0 saturated carbocycles. The minimum absolute atomic E-state index is 0.0601. The number of likely N-dealkylation sites (N-methyl/N-ethyl adjacent to an activating group) is 1. The van der Waals surface area contributed by atoms with Gasteiger partial charge in [-0.1, -0.05) is 6.07 Å². The highest BCUT2D eigenvalue weighted by molar-refractivity contribution is 5.79. The zero-order valence-corrected chi connectivity index (χ0v) is 16.0. The molecule has 2 N–H and O–H groups in total. The number of ether oxygens (including phenoxy) is 2. The van der Waals surface area contributed by atoms with E-state index in [9.17, 15) is 13.2 Å². The molecule has 0 radical (unpaired) electrons. The van der Waals surface area contributed by atoms with Crippen LogP contribution in [-0.4, -0.2) is 76.1 Å². The van der Waals surface area contributed by atoms with Crippen molar-refractivity contribution in [2.45, 2.75) is 19.1 Å². The minimum Gasteiger partial charge on any atom is -0.468 e. The largest absolute Gasteiger partial charge is 0.468 e. The molecule has 10 heteroatoms. The molecule has 1 heterocycles. The second kappa shape index (κ2) is 12.3. The maximum Gasteiger partial charge on any atom is 0.422 e. The molecule has 7 nitrogen and oxygen atoms in total. The van der Waals surface area contributed by atoms with Crippen molar-refractivity contribution in [3.8, 4) is 5.88 Å². The molecule has 1 aromatic heterocycles. The Bertz CT molecular complexity index is 552. The second-order valence-corrected chi connectivity index (χ2v) is 5.91. The lowest BCUT2D eigenvalue weighted by molar-refractivity contribution is -0.154. The highest BCUT2D eigenvalue weighted by Crippen LogP contribution is 2.16. The summed E-state index contributed by atoms with van der Waals surface area (Å²) >= 11 is 0. The predicted octanol–water partition coefficient (Wildman–Crippen LogP) is 1.66. The number of hydrogen-bond acceptors (Lipinski definition) is 5. The molecule has 0 aliphatic rings. The Balaban J connectivity index is 2.29. The third-order valence-corrected chi connectivity index (χ3v) is 3.54. The molecule has 0 unspecified atom stereocenters. The van der Waals surface area contributed by atoms with Gasteiger partial charge in [-0.2, -0.15) is 13.2 Å². The molecular formula is C17H28F3N5O2. The average molecular weight is 391 g/mol. The number of halogens is 3. The molecule has 0 saturated heterocycles. The number of alkyl halides is 3. The molecule has 0 bridgehead atoms. The minimum atomic E-state index is -4.38. The van der Waals surface area contributed by atoms with E-state index in [4.69, 9.17) is 4.74 Å². The van der Waals surface area contributed by atoms with E-state index >= 15 is 0 Å². The Labute approximate surface area is 158 Å². The molecule has 0 atom stereocenters. The van der Waals surface area contributed by atoms with Crippen molar-refractivity contribution in [1.82, 2.24) is 20.5 Å². The summed E-state index contributed by atoms with van der Waals surface area (Å²) < 4.78 is 45.9. The number of nitrogens with one attached hydrogen (secondary N) is 2. The fraction of sp³-hybridized carbons (Fsp3) is 0.647. The van der Waals surface area contributed by atoms with Crippen molar-refractivity contribution in [2.75, 3.05) is 54.1 Å². The normalized spacial score (nSPS) is 12.3. The molecule has 0 aliphatic carbocycles. The lowest BCUT2D eigenvalue weighted by Crippen LogP contribution is -2.40. The van der Waals surface area contributed by atoms with Crippen LogP contribution in [0.25, 0.3) is 0 Å². The quantitative estimate of drug-likeness (QED) is 0.340. The standard InChI is InChI=1S/C17H28F3N5O2/c1-21-16(22-7-9-25(2)8-4-10-26-3)24-12-14-5-6-15(23-11-14)27-13-17(18,19)20/h5-6,11H,4,7-10,12-13H2,1-3H3,(H2,21,22,24). The number of guanidine groups is 1. The maximum atomic E-state index is 12.1. The fourth-order valence-corrected chi connectivity index (χ4v) is 2.12. The van der Waals surface area contributed by atoms with Gasteiger partial charge in [0.2, 0.25) is 5.88 Å². The van der Waals surface area contributed by atoms with Crippen molar-refractivity contribution < 1.29 is 22.6 Å². The van der Waals surface area contributed by atoms with E-state index in [2.05, 4.69) is 30.2 Å². The van der Waals surface area contributed by atoms with Crippen molar-refractivity contribution >= 4 is 5.96 Å². The average Bonchev–Trinajstić information content (AvgIpc) is 2.63. The number of methoxy groups -OCH3 is 1. The van der Waals surface area contributed by atoms with E-state index in [0.717, 1.165) is 38.2 Å². The zero-order chi connectivity index (χ0) is 20.1. The Kier molecular flexibility index (Phi) is 10.5. The number of aromatic nitrogens is 1. The van der Waals surface area contributed by atoms with Gasteiger partial charge in [-0.05, 0) is 19.0 Å². The Hall–Kier alpha value is -2.07. The van der Waals surface area contributed by atoms with Crippen LogP contribution in [0.2, 0.25) is 0 Å². The first kappa shape index (κ1) is 23.0. The highest BCUT2D eigenvalue weighted by Gasteiger charge is 2.28. The van der Waals surface area contributed by atoms with Crippen LogP contribution in [-0.2, 0) is 11.3 Å². The number of nitrogens with zero attached hydrogens (tertiary/aromatic N) is 3. The third-order valence-electron chi connectivity index (χ3n) is 3.54. The summed E-state index contributed by atoms with van der Waals surface area (Å²) in [5.41, 5.74) is 0.800. The number of pyridine rings is 1. The van der Waals surface area contributed by atoms with Crippen molar-refractivity contribution in [1.29, 1.82) is 0 Å². The van der Waals surface area contributed by atoms with E-state index in [0.29, 0.717) is 12.5 Å². The van der Waals surface area contributed by atoms with Crippen LogP contribution in [0.15, 0.2) is 23.3 Å². The summed E-state index contributed by atoms with van der Waals surface area (Å²) in [5.74, 6) is 0.577. The monoisotopic (exact) mass is 391 g/mol. The van der Waals surface area contributed by atoms with E-state index in [-0.39, 0.29) is 5.88 Å². The van der Waals surface area contributed by atoms with Gasteiger partial charge in [0.15, 0.2) is 12.6 Å². The van der Waals surface area contributed by atoms with Crippen LogP contribution in [0.4, 0.5) is 13.2 Å². The summed E-state index contributed by atoms with van der Waals surface area (Å²) in [6.45, 7) is 2.37. The van der Waals surface area contributed by atoms with Gasteiger partial charge in [0.1, 0.15) is 0 Å². The van der Waals surface area contributed by atoms with Gasteiger partial charge in [-0.3, -0.25) is 4.99 Å². The van der Waals surface area contributed by atoms with Gasteiger partial charge in [0, 0.05) is 59.2 Å². The summed E-state index contributed by atoms with van der Waals surface area (Å²) in [6, 6.07) is 3.07. The first-order valence-electron chi connectivity index (χ1n) is 8.60. The smallest absolute Gasteiger partial charge is 0.422 e. The zero-order valence-electron chi connectivity index (χ0n) is 16.0. The Morgan fingerprint density at radius 3 is 2.63 bits per heavy atom. The summed E-state index contributed by atoms with van der Waals surface area (Å²) in [5, 5.41) is 6.33. The predicted molar refractivity (Wildman–Crippen MR) is 98.0 cm³/mol. The second-order valence-electron chi connectivity index (χ2n) is 5.91. The topological polar surface area (TPSA) is 71.0 Å². The van der Waals surface area contributed by atoms with Crippen molar-refractivity contribution in [3.05, 3.63) is 23.9 Å². The van der Waals surface area contributed by atoms with Gasteiger partial charge >= 0.3 is 6.18 Å². The first-order chi connectivity index (χ1) is 12.8. The van der Waals surface area contributed by atoms with Gasteiger partial charge in [-0.15, -0.1) is 0 Å². The van der Waals surface area contributed by atoms with Crippen molar-refractivity contribution in [2.24, 2.45) is 4.99 Å². The number of rotatable bonds is 11. The van der Waals surface area contributed by atoms with E-state index in [1.165, 1.54) is 12.3 Å². The summed E-state index contributed by atoms with van der Waals surface area (Å²) in [4.78, 5) is 10.2. The van der Waals surface area contributed by atoms with Crippen LogP contribution in [0.3, 0.4) is 0 Å². The van der Waals surface area contributed by atoms with Crippen LogP contribution >= 0.6 is 0 Å². The van der Waals surface area contributed by atoms with Crippen molar-refractivity contribution in [3.63, 3.8) is 0 Å². The first-order valence-corrected chi connectivity index (χ1v) is 8.60. The fourth-order valence-electron chi connectivity index (χ4n) is 2.12. The number of hydrogen-bond donors (Lipinski definition) is 2. The summed E-state index contributed by atoms with van der Waals surface area (Å²) in [6.07, 6.45) is -1.93. The Morgan fingerprint density at radius 1 is 1.26 bits per heavy atom. The van der Waals surface area contributed by atoms with Gasteiger partial charge < -0.3 is 25.0 Å². The molecule has 27 heavy (non-hydrogen) atoms. The van der Waals surface area contributed by atoms with E-state index < -0.39 is 12.8 Å². The molecule has 0 fully saturated rings. The van der Waals surface area contributed by atoms with Gasteiger partial charge in [0.25, 0.3) is 0 Å². The van der Waals surface area contributed by atoms with Gasteiger partial charge in [0.05, 0.1) is 0 Å². The SMILES string of the molecule is CN=C(NCCN(C)CCCOC)NCc1ccc(OCC(F)(F)F)nc1. The Morgan fingerprint density at radius 2 is 2.04 bits per heavy atom. The molecule has 0 aliphatic heterocycles. The molecule has 154 valence electrons. The molecule has 0 amide bonds. The molecular weight excluding hydrogens is 363 g/mol. The molecule has 0 aromatic carbocycles.